The second-order valence-electron chi connectivity index (χ2n) is 3.51. The minimum atomic E-state index is 0.0637. The average Bonchev–Trinajstić information content (AvgIpc) is 2.48. The lowest BCUT2D eigenvalue weighted by Gasteiger charge is -2.07. The summed E-state index contributed by atoms with van der Waals surface area (Å²) in [5.41, 5.74) is 0.665. The van der Waals surface area contributed by atoms with E-state index in [-0.39, 0.29) is 11.8 Å². The first-order chi connectivity index (χ1) is 6.56. The van der Waals surface area contributed by atoms with Crippen molar-refractivity contribution < 1.29 is 4.79 Å². The van der Waals surface area contributed by atoms with E-state index in [1.165, 1.54) is 0 Å². The fourth-order valence-corrected chi connectivity index (χ4v) is 1.62. The van der Waals surface area contributed by atoms with Crippen LogP contribution in [0.2, 0.25) is 5.15 Å². The third-order valence-corrected chi connectivity index (χ3v) is 2.32. The van der Waals surface area contributed by atoms with Gasteiger partial charge in [-0.2, -0.15) is 0 Å². The van der Waals surface area contributed by atoms with E-state index in [0.717, 1.165) is 0 Å². The number of hydrogen-bond donors (Lipinski definition) is 1. The molecule has 0 radical (unpaired) electrons. The van der Waals surface area contributed by atoms with E-state index in [1.54, 1.807) is 19.3 Å². The fraction of sp³-hybridized carbons (Fsp3) is 0.500. The molecular weight excluding hydrogens is 200 g/mol. The van der Waals surface area contributed by atoms with Gasteiger partial charge in [0.05, 0.1) is 6.54 Å². The normalized spacial score (nSPS) is 10.9. The van der Waals surface area contributed by atoms with E-state index >= 15 is 0 Å². The molecule has 0 aliphatic carbocycles. The van der Waals surface area contributed by atoms with Crippen molar-refractivity contribution in [3.63, 3.8) is 0 Å². The second-order valence-corrected chi connectivity index (χ2v) is 3.89. The number of halogens is 1. The zero-order valence-electron chi connectivity index (χ0n) is 8.67. The minimum Gasteiger partial charge on any atom is -0.336 e. The SMILES string of the molecule is CNCC(=O)c1cc(Cl)n(C(C)C)c1. The van der Waals surface area contributed by atoms with Crippen LogP contribution in [0.25, 0.3) is 0 Å². The predicted molar refractivity (Wildman–Crippen MR) is 58.1 cm³/mol. The molecule has 14 heavy (non-hydrogen) atoms. The van der Waals surface area contributed by atoms with Gasteiger partial charge in [-0.05, 0) is 27.0 Å². The Kier molecular flexibility index (Phi) is 3.72. The highest BCUT2D eigenvalue weighted by atomic mass is 35.5. The van der Waals surface area contributed by atoms with Crippen molar-refractivity contribution in [2.24, 2.45) is 0 Å². The topological polar surface area (TPSA) is 34.0 Å². The Balaban J connectivity index is 2.90. The number of hydrogen-bond acceptors (Lipinski definition) is 2. The Morgan fingerprint density at radius 3 is 2.71 bits per heavy atom. The maximum Gasteiger partial charge on any atom is 0.178 e. The van der Waals surface area contributed by atoms with Crippen LogP contribution in [0, 0.1) is 0 Å². The summed E-state index contributed by atoms with van der Waals surface area (Å²) in [5, 5.41) is 3.43. The Bertz CT molecular complexity index is 331. The highest BCUT2D eigenvalue weighted by Crippen LogP contribution is 2.19. The van der Waals surface area contributed by atoms with Crippen LogP contribution in [0.3, 0.4) is 0 Å². The van der Waals surface area contributed by atoms with Gasteiger partial charge in [-0.15, -0.1) is 0 Å². The molecule has 0 spiro atoms. The van der Waals surface area contributed by atoms with Gasteiger partial charge in [0.15, 0.2) is 5.78 Å². The molecule has 1 aromatic rings. The van der Waals surface area contributed by atoms with Gasteiger partial charge in [-0.25, -0.2) is 0 Å². The van der Waals surface area contributed by atoms with Crippen LogP contribution in [0.15, 0.2) is 12.3 Å². The van der Waals surface area contributed by atoms with Gasteiger partial charge in [0.2, 0.25) is 0 Å². The number of ketones is 1. The van der Waals surface area contributed by atoms with Crippen molar-refractivity contribution in [1.82, 2.24) is 9.88 Å². The third-order valence-electron chi connectivity index (χ3n) is 2.02. The van der Waals surface area contributed by atoms with Crippen LogP contribution in [0.4, 0.5) is 0 Å². The number of carbonyl (C=O) groups excluding carboxylic acids is 1. The first kappa shape index (κ1) is 11.3. The minimum absolute atomic E-state index is 0.0637. The van der Waals surface area contributed by atoms with Gasteiger partial charge in [0.1, 0.15) is 5.15 Å². The van der Waals surface area contributed by atoms with Crippen molar-refractivity contribution >= 4 is 17.4 Å². The van der Waals surface area contributed by atoms with E-state index in [0.29, 0.717) is 17.3 Å². The molecule has 1 N–H and O–H groups in total. The Labute approximate surface area is 89.1 Å². The summed E-state index contributed by atoms with van der Waals surface area (Å²) in [6.07, 6.45) is 1.80. The molecule has 0 bridgehead atoms. The number of rotatable bonds is 4. The molecular formula is C10H15ClN2O. The van der Waals surface area contributed by atoms with E-state index in [4.69, 9.17) is 11.6 Å². The smallest absolute Gasteiger partial charge is 0.178 e. The molecule has 0 saturated heterocycles. The lowest BCUT2D eigenvalue weighted by atomic mass is 10.2. The zero-order valence-corrected chi connectivity index (χ0v) is 9.43. The van der Waals surface area contributed by atoms with Gasteiger partial charge in [-0.1, -0.05) is 11.6 Å². The number of nitrogens with one attached hydrogen (secondary N) is 1. The molecule has 1 rings (SSSR count). The molecule has 1 heterocycles. The summed E-state index contributed by atoms with van der Waals surface area (Å²) in [7, 11) is 1.75. The number of carbonyl (C=O) groups is 1. The third kappa shape index (κ3) is 2.36. The van der Waals surface area contributed by atoms with Gasteiger partial charge >= 0.3 is 0 Å². The quantitative estimate of drug-likeness (QED) is 0.780. The molecule has 0 saturated carbocycles. The van der Waals surface area contributed by atoms with Crippen molar-refractivity contribution in [2.45, 2.75) is 19.9 Å². The molecule has 0 fully saturated rings. The largest absolute Gasteiger partial charge is 0.336 e. The van der Waals surface area contributed by atoms with E-state index in [1.807, 2.05) is 18.4 Å². The fourth-order valence-electron chi connectivity index (χ4n) is 1.26. The molecule has 0 aliphatic heterocycles. The van der Waals surface area contributed by atoms with E-state index < -0.39 is 0 Å². The standard InChI is InChI=1S/C10H15ClN2O/c1-7(2)13-6-8(4-10(13)11)9(14)5-12-3/h4,6-7,12H,5H2,1-3H3. The van der Waals surface area contributed by atoms with Crippen LogP contribution in [0.5, 0.6) is 0 Å². The molecule has 1 aromatic heterocycles. The maximum absolute atomic E-state index is 11.5. The molecule has 0 atom stereocenters. The van der Waals surface area contributed by atoms with Crippen LogP contribution < -0.4 is 5.32 Å². The van der Waals surface area contributed by atoms with Crippen LogP contribution >= 0.6 is 11.6 Å². The Morgan fingerprint density at radius 2 is 2.29 bits per heavy atom. The molecule has 0 aromatic carbocycles. The van der Waals surface area contributed by atoms with Crippen molar-refractivity contribution in [2.75, 3.05) is 13.6 Å². The van der Waals surface area contributed by atoms with E-state index in [2.05, 4.69) is 5.32 Å². The predicted octanol–water partition coefficient (Wildman–Crippen LogP) is 2.12. The van der Waals surface area contributed by atoms with Crippen molar-refractivity contribution in [3.8, 4) is 0 Å². The molecule has 0 aliphatic rings. The summed E-state index contributed by atoms with van der Waals surface area (Å²) in [4.78, 5) is 11.5. The second kappa shape index (κ2) is 4.62. The van der Waals surface area contributed by atoms with Gasteiger partial charge < -0.3 is 9.88 Å². The van der Waals surface area contributed by atoms with Crippen LogP contribution in [-0.2, 0) is 0 Å². The summed E-state index contributed by atoms with van der Waals surface area (Å²) < 4.78 is 1.88. The van der Waals surface area contributed by atoms with Crippen molar-refractivity contribution in [3.05, 3.63) is 23.0 Å². The maximum atomic E-state index is 11.5. The average molecular weight is 215 g/mol. The summed E-state index contributed by atoms with van der Waals surface area (Å²) in [6, 6.07) is 1.99. The molecule has 78 valence electrons. The number of Topliss-reactive ketones (excluding diaryl/α,β-unsaturated/α-hetero) is 1. The summed E-state index contributed by atoms with van der Waals surface area (Å²) in [6.45, 7) is 4.40. The monoisotopic (exact) mass is 214 g/mol. The van der Waals surface area contributed by atoms with Gasteiger partial charge in [0, 0.05) is 17.8 Å². The lowest BCUT2D eigenvalue weighted by Crippen LogP contribution is -2.18. The number of likely N-dealkylation sites (N-methyl/N-ethyl adjacent to an activating group) is 1. The number of nitrogens with zero attached hydrogens (tertiary/aromatic N) is 1. The molecule has 0 unspecified atom stereocenters. The summed E-state index contributed by atoms with van der Waals surface area (Å²) in [5.74, 6) is 0.0637. The Morgan fingerprint density at radius 1 is 1.64 bits per heavy atom. The number of aromatic nitrogens is 1. The first-order valence-corrected chi connectivity index (χ1v) is 4.99. The molecule has 0 amide bonds. The van der Waals surface area contributed by atoms with Crippen LogP contribution in [0.1, 0.15) is 30.2 Å². The van der Waals surface area contributed by atoms with Gasteiger partial charge in [0.25, 0.3) is 0 Å². The first-order valence-electron chi connectivity index (χ1n) is 4.61. The van der Waals surface area contributed by atoms with Crippen molar-refractivity contribution in [1.29, 1.82) is 0 Å². The Hall–Kier alpha value is -0.800. The van der Waals surface area contributed by atoms with Gasteiger partial charge in [-0.3, -0.25) is 4.79 Å². The highest BCUT2D eigenvalue weighted by Gasteiger charge is 2.11. The molecule has 3 nitrogen and oxygen atoms in total. The zero-order chi connectivity index (χ0) is 10.7. The highest BCUT2D eigenvalue weighted by molar-refractivity contribution is 6.30. The van der Waals surface area contributed by atoms with Crippen LogP contribution in [-0.4, -0.2) is 23.9 Å². The molecule has 4 heteroatoms. The lowest BCUT2D eigenvalue weighted by molar-refractivity contribution is 0.0993. The van der Waals surface area contributed by atoms with E-state index in [9.17, 15) is 4.79 Å². The summed E-state index contributed by atoms with van der Waals surface area (Å²) >= 11 is 5.97.